The van der Waals surface area contributed by atoms with Crippen molar-refractivity contribution in [3.8, 4) is 0 Å². The summed E-state index contributed by atoms with van der Waals surface area (Å²) in [6.45, 7) is 14.1. The van der Waals surface area contributed by atoms with E-state index in [-0.39, 0.29) is 11.8 Å². The van der Waals surface area contributed by atoms with Crippen molar-refractivity contribution < 1.29 is 4.79 Å². The third kappa shape index (κ3) is 6.54. The Hall–Kier alpha value is -2.08. The Kier molecular flexibility index (Phi) is 11.4. The van der Waals surface area contributed by atoms with Crippen LogP contribution in [0.1, 0.15) is 64.4 Å². The SMILES string of the molecule is CC.CC.CC(C)C(C)(C(N)=NC(=O)c1cncnc1)c1ccc(Br)cc1. The average molecular weight is 435 g/mol. The molecule has 0 aliphatic heterocycles. The first-order valence-corrected chi connectivity index (χ1v) is 10.0. The van der Waals surface area contributed by atoms with E-state index >= 15 is 0 Å². The fraction of sp³-hybridized carbons (Fsp3) is 0.429. The highest BCUT2D eigenvalue weighted by molar-refractivity contribution is 9.10. The van der Waals surface area contributed by atoms with Crippen LogP contribution in [0.3, 0.4) is 0 Å². The first-order chi connectivity index (χ1) is 12.9. The maximum Gasteiger partial charge on any atom is 0.281 e. The third-order valence-electron chi connectivity index (χ3n) is 4.16. The van der Waals surface area contributed by atoms with E-state index in [1.807, 2.05) is 58.9 Å². The molecule has 1 amide bonds. The molecule has 0 bridgehead atoms. The summed E-state index contributed by atoms with van der Waals surface area (Å²) in [5.41, 5.74) is 7.01. The molecule has 1 unspecified atom stereocenters. The molecule has 0 fully saturated rings. The van der Waals surface area contributed by atoms with Crippen LogP contribution in [0, 0.1) is 5.92 Å². The molecule has 0 saturated carbocycles. The van der Waals surface area contributed by atoms with Crippen LogP contribution in [0.2, 0.25) is 0 Å². The summed E-state index contributed by atoms with van der Waals surface area (Å²) >= 11 is 3.43. The van der Waals surface area contributed by atoms with Crippen LogP contribution in [0.15, 0.2) is 52.5 Å². The molecular weight excluding hydrogens is 404 g/mol. The number of carbonyl (C=O) groups excluding carboxylic acids is 1. The van der Waals surface area contributed by atoms with Crippen LogP contribution >= 0.6 is 15.9 Å². The summed E-state index contributed by atoms with van der Waals surface area (Å²) in [5, 5.41) is 0. The third-order valence-corrected chi connectivity index (χ3v) is 4.69. The number of nitrogens with two attached hydrogens (primary N) is 1. The molecule has 27 heavy (non-hydrogen) atoms. The van der Waals surface area contributed by atoms with Gasteiger partial charge in [0.2, 0.25) is 0 Å². The predicted octanol–water partition coefficient (Wildman–Crippen LogP) is 5.40. The number of halogens is 1. The molecule has 2 N–H and O–H groups in total. The van der Waals surface area contributed by atoms with E-state index in [4.69, 9.17) is 5.73 Å². The normalized spacial score (nSPS) is 12.9. The summed E-state index contributed by atoms with van der Waals surface area (Å²) in [5.74, 6) is 0.00279. The van der Waals surface area contributed by atoms with Gasteiger partial charge in [0.05, 0.1) is 11.0 Å². The standard InChI is InChI=1S/C17H19BrN4O.2C2H6/c1-11(2)17(3,13-4-6-14(18)7-5-13)16(19)22-15(23)12-8-20-10-21-9-12;2*1-2/h4-11H,1-3H3,(H2,19,22,23);2*1-2H3. The van der Waals surface area contributed by atoms with Crippen molar-refractivity contribution in [2.75, 3.05) is 0 Å². The Labute approximate surface area is 171 Å². The number of benzene rings is 1. The summed E-state index contributed by atoms with van der Waals surface area (Å²) in [6.07, 6.45) is 4.22. The number of aliphatic imine (C=N–C) groups is 1. The van der Waals surface area contributed by atoms with Crippen molar-refractivity contribution >= 4 is 27.7 Å². The molecule has 0 radical (unpaired) electrons. The molecule has 148 valence electrons. The molecule has 1 aromatic heterocycles. The smallest absolute Gasteiger partial charge is 0.281 e. The van der Waals surface area contributed by atoms with Gasteiger partial charge in [-0.1, -0.05) is 69.6 Å². The minimum absolute atomic E-state index is 0.159. The van der Waals surface area contributed by atoms with Crippen LogP contribution in [0.4, 0.5) is 0 Å². The zero-order valence-electron chi connectivity index (χ0n) is 17.3. The first kappa shape index (κ1) is 24.9. The number of rotatable bonds is 4. The van der Waals surface area contributed by atoms with Crippen LogP contribution in [0.25, 0.3) is 0 Å². The molecule has 0 aliphatic rings. The minimum Gasteiger partial charge on any atom is -0.386 e. The number of hydrogen-bond donors (Lipinski definition) is 1. The zero-order valence-corrected chi connectivity index (χ0v) is 18.9. The fourth-order valence-electron chi connectivity index (χ4n) is 2.27. The van der Waals surface area contributed by atoms with E-state index in [9.17, 15) is 4.79 Å². The molecule has 0 spiro atoms. The van der Waals surface area contributed by atoms with Gasteiger partial charge in [-0.25, -0.2) is 9.97 Å². The minimum atomic E-state index is -0.550. The molecular formula is C21H31BrN4O. The Morgan fingerprint density at radius 1 is 1.07 bits per heavy atom. The van der Waals surface area contributed by atoms with Crippen LogP contribution < -0.4 is 5.73 Å². The molecule has 0 aliphatic carbocycles. The van der Waals surface area contributed by atoms with E-state index in [2.05, 4.69) is 44.7 Å². The number of carbonyl (C=O) groups is 1. The van der Waals surface area contributed by atoms with Gasteiger partial charge in [-0.15, -0.1) is 0 Å². The van der Waals surface area contributed by atoms with Gasteiger partial charge >= 0.3 is 0 Å². The topological polar surface area (TPSA) is 81.2 Å². The van der Waals surface area contributed by atoms with Gasteiger partial charge in [0.25, 0.3) is 5.91 Å². The lowest BCUT2D eigenvalue weighted by atomic mass is 9.72. The van der Waals surface area contributed by atoms with E-state index in [0.717, 1.165) is 10.0 Å². The van der Waals surface area contributed by atoms with Crippen molar-refractivity contribution in [2.24, 2.45) is 16.6 Å². The highest BCUT2D eigenvalue weighted by Crippen LogP contribution is 2.33. The molecule has 1 atom stereocenters. The Morgan fingerprint density at radius 2 is 1.56 bits per heavy atom. The molecule has 2 aromatic rings. The highest BCUT2D eigenvalue weighted by Gasteiger charge is 2.35. The van der Waals surface area contributed by atoms with Crippen molar-refractivity contribution in [2.45, 2.75) is 53.9 Å². The first-order valence-electron chi connectivity index (χ1n) is 9.25. The summed E-state index contributed by atoms with van der Waals surface area (Å²) in [4.78, 5) is 24.0. The Morgan fingerprint density at radius 3 is 2.00 bits per heavy atom. The number of amidine groups is 1. The second-order valence-electron chi connectivity index (χ2n) is 5.79. The number of aromatic nitrogens is 2. The lowest BCUT2D eigenvalue weighted by Crippen LogP contribution is -2.43. The van der Waals surface area contributed by atoms with E-state index in [1.54, 1.807) is 0 Å². The fourth-order valence-corrected chi connectivity index (χ4v) is 2.54. The molecule has 1 heterocycles. The summed E-state index contributed by atoms with van der Waals surface area (Å²) in [7, 11) is 0. The zero-order chi connectivity index (χ0) is 21.0. The van der Waals surface area contributed by atoms with Gasteiger partial charge in [0.15, 0.2) is 0 Å². The highest BCUT2D eigenvalue weighted by atomic mass is 79.9. The molecule has 1 aromatic carbocycles. The van der Waals surface area contributed by atoms with Crippen molar-refractivity contribution in [3.05, 3.63) is 58.6 Å². The largest absolute Gasteiger partial charge is 0.386 e. The predicted molar refractivity (Wildman–Crippen MR) is 117 cm³/mol. The maximum atomic E-state index is 12.3. The lowest BCUT2D eigenvalue weighted by Gasteiger charge is -2.33. The number of hydrogen-bond acceptors (Lipinski definition) is 3. The summed E-state index contributed by atoms with van der Waals surface area (Å²) in [6, 6.07) is 7.89. The summed E-state index contributed by atoms with van der Waals surface area (Å²) < 4.78 is 0.986. The lowest BCUT2D eigenvalue weighted by molar-refractivity contribution is 0.100. The quantitative estimate of drug-likeness (QED) is 0.515. The van der Waals surface area contributed by atoms with E-state index in [1.165, 1.54) is 18.7 Å². The second-order valence-corrected chi connectivity index (χ2v) is 6.71. The van der Waals surface area contributed by atoms with Gasteiger partial charge in [-0.3, -0.25) is 4.79 Å². The van der Waals surface area contributed by atoms with Gasteiger partial charge < -0.3 is 5.73 Å². The van der Waals surface area contributed by atoms with E-state index < -0.39 is 11.3 Å². The van der Waals surface area contributed by atoms with Gasteiger partial charge in [0, 0.05) is 16.9 Å². The van der Waals surface area contributed by atoms with Gasteiger partial charge in [0.1, 0.15) is 12.2 Å². The Balaban J connectivity index is 0.00000158. The van der Waals surface area contributed by atoms with Crippen molar-refractivity contribution in [3.63, 3.8) is 0 Å². The van der Waals surface area contributed by atoms with Gasteiger partial charge in [-0.2, -0.15) is 4.99 Å². The van der Waals surface area contributed by atoms with Crippen LogP contribution in [-0.2, 0) is 5.41 Å². The molecule has 5 nitrogen and oxygen atoms in total. The van der Waals surface area contributed by atoms with Gasteiger partial charge in [-0.05, 0) is 30.5 Å². The van der Waals surface area contributed by atoms with Crippen molar-refractivity contribution in [1.82, 2.24) is 9.97 Å². The maximum absolute atomic E-state index is 12.3. The average Bonchev–Trinajstić information content (AvgIpc) is 2.71. The number of nitrogens with zero attached hydrogens (tertiary/aromatic N) is 3. The van der Waals surface area contributed by atoms with Crippen LogP contribution in [-0.4, -0.2) is 21.7 Å². The van der Waals surface area contributed by atoms with Crippen molar-refractivity contribution in [1.29, 1.82) is 0 Å². The number of amides is 1. The molecule has 6 heteroatoms. The van der Waals surface area contributed by atoms with Crippen LogP contribution in [0.5, 0.6) is 0 Å². The monoisotopic (exact) mass is 434 g/mol. The molecule has 2 rings (SSSR count). The van der Waals surface area contributed by atoms with E-state index in [0.29, 0.717) is 5.56 Å². The molecule has 0 saturated heterocycles. The Bertz CT molecular complexity index is 715. The second kappa shape index (κ2) is 12.3.